The molecule has 0 spiro atoms. The first-order chi connectivity index (χ1) is 16.4. The van der Waals surface area contributed by atoms with Gasteiger partial charge in [-0.1, -0.05) is 29.8 Å². The first kappa shape index (κ1) is 23.1. The van der Waals surface area contributed by atoms with Gasteiger partial charge in [-0.25, -0.2) is 4.79 Å². The van der Waals surface area contributed by atoms with Crippen LogP contribution in [0.1, 0.15) is 6.92 Å². The van der Waals surface area contributed by atoms with Crippen molar-refractivity contribution >= 4 is 52.2 Å². The minimum Gasteiger partial charge on any atom is -0.494 e. The average molecular weight is 479 g/mol. The number of halogens is 1. The highest BCUT2D eigenvalue weighted by Gasteiger charge is 2.33. The number of hydrogen-bond acceptors (Lipinski definition) is 4. The zero-order valence-electron chi connectivity index (χ0n) is 18.5. The number of ether oxygens (including phenoxy) is 1. The maximum absolute atomic E-state index is 13.0. The van der Waals surface area contributed by atoms with E-state index in [1.807, 2.05) is 6.92 Å². The molecule has 0 atom stereocenters. The Morgan fingerprint density at radius 2 is 1.68 bits per heavy atom. The number of carbonyl (C=O) groups is 3. The molecule has 1 heterocycles. The lowest BCUT2D eigenvalue weighted by atomic mass is 10.1. The van der Waals surface area contributed by atoms with Crippen molar-refractivity contribution in [1.82, 2.24) is 0 Å². The molecule has 4 rings (SSSR count). The van der Waals surface area contributed by atoms with Crippen molar-refractivity contribution in [1.29, 1.82) is 0 Å². The van der Waals surface area contributed by atoms with E-state index in [1.165, 1.54) is 9.80 Å². The van der Waals surface area contributed by atoms with Crippen LogP contribution in [0.3, 0.4) is 0 Å². The minimum atomic E-state index is -0.451. The smallest absolute Gasteiger partial charge is 0.326 e. The monoisotopic (exact) mass is 478 g/mol. The van der Waals surface area contributed by atoms with E-state index in [-0.39, 0.29) is 24.9 Å². The van der Waals surface area contributed by atoms with E-state index in [1.54, 1.807) is 72.8 Å². The van der Waals surface area contributed by atoms with Gasteiger partial charge < -0.3 is 15.4 Å². The highest BCUT2D eigenvalue weighted by Crippen LogP contribution is 2.34. The quantitative estimate of drug-likeness (QED) is 0.534. The lowest BCUT2D eigenvalue weighted by molar-refractivity contribution is -0.120. The number of urea groups is 1. The number of carbonyl (C=O) groups excluding carboxylic acids is 3. The second kappa shape index (κ2) is 10.3. The largest absolute Gasteiger partial charge is 0.494 e. The predicted molar refractivity (Wildman–Crippen MR) is 133 cm³/mol. The Kier molecular flexibility index (Phi) is 6.98. The van der Waals surface area contributed by atoms with Crippen LogP contribution in [-0.2, 0) is 9.59 Å². The summed E-state index contributed by atoms with van der Waals surface area (Å²) in [6.45, 7) is 2.04. The Balaban J connectivity index is 1.49. The van der Waals surface area contributed by atoms with Crippen LogP contribution in [0, 0.1) is 0 Å². The molecular weight excluding hydrogens is 456 g/mol. The summed E-state index contributed by atoms with van der Waals surface area (Å²) in [5.41, 5.74) is 2.11. The van der Waals surface area contributed by atoms with Crippen LogP contribution >= 0.6 is 11.6 Å². The van der Waals surface area contributed by atoms with E-state index < -0.39 is 6.03 Å². The van der Waals surface area contributed by atoms with Gasteiger partial charge >= 0.3 is 6.03 Å². The Bertz CT molecular complexity index is 1220. The van der Waals surface area contributed by atoms with E-state index >= 15 is 0 Å². The molecule has 0 saturated carbocycles. The minimum absolute atomic E-state index is 0.198. The third kappa shape index (κ3) is 5.29. The van der Waals surface area contributed by atoms with Gasteiger partial charge in [-0.2, -0.15) is 0 Å². The lowest BCUT2D eigenvalue weighted by Gasteiger charge is -2.35. The average Bonchev–Trinajstić information content (AvgIpc) is 2.82. The van der Waals surface area contributed by atoms with Gasteiger partial charge in [0.15, 0.2) is 0 Å². The van der Waals surface area contributed by atoms with Crippen molar-refractivity contribution in [3.63, 3.8) is 0 Å². The molecule has 0 aromatic heterocycles. The number of hydrogen-bond donors (Lipinski definition) is 2. The Morgan fingerprint density at radius 1 is 0.941 bits per heavy atom. The normalized spacial score (nSPS) is 12.7. The van der Waals surface area contributed by atoms with Crippen LogP contribution in [0.25, 0.3) is 0 Å². The van der Waals surface area contributed by atoms with Gasteiger partial charge in [0.1, 0.15) is 18.8 Å². The van der Waals surface area contributed by atoms with Crippen LogP contribution in [0.5, 0.6) is 5.75 Å². The zero-order valence-corrected chi connectivity index (χ0v) is 19.2. The second-order valence-corrected chi connectivity index (χ2v) is 7.94. The molecule has 8 nitrogen and oxygen atoms in total. The molecule has 1 aliphatic heterocycles. The number of nitrogens with one attached hydrogen (secondary N) is 2. The lowest BCUT2D eigenvalue weighted by Crippen LogP contribution is -2.51. The highest BCUT2D eigenvalue weighted by atomic mass is 35.5. The zero-order chi connectivity index (χ0) is 24.1. The third-order valence-electron chi connectivity index (χ3n) is 5.13. The molecule has 9 heteroatoms. The van der Waals surface area contributed by atoms with Gasteiger partial charge in [-0.15, -0.1) is 0 Å². The van der Waals surface area contributed by atoms with E-state index in [0.717, 1.165) is 0 Å². The van der Waals surface area contributed by atoms with Crippen molar-refractivity contribution in [2.75, 3.05) is 40.1 Å². The molecule has 174 valence electrons. The van der Waals surface area contributed by atoms with Gasteiger partial charge in [-0.3, -0.25) is 19.4 Å². The molecule has 3 aromatic rings. The summed E-state index contributed by atoms with van der Waals surface area (Å²) in [7, 11) is 0. The molecule has 2 N–H and O–H groups in total. The molecular formula is C25H23ClN4O4. The first-order valence-corrected chi connectivity index (χ1v) is 11.1. The molecule has 0 aliphatic carbocycles. The molecule has 1 aliphatic rings. The van der Waals surface area contributed by atoms with Crippen molar-refractivity contribution in [2.45, 2.75) is 6.92 Å². The SMILES string of the molecule is CCOc1ccc(NC(=O)N2CC(=O)N(CC(=O)Nc3cccc(Cl)c3)c3ccccc32)cc1. The Labute approximate surface area is 202 Å². The fourth-order valence-corrected chi connectivity index (χ4v) is 3.81. The number of fused-ring (bicyclic) bond motifs is 1. The van der Waals surface area contributed by atoms with E-state index in [4.69, 9.17) is 16.3 Å². The second-order valence-electron chi connectivity index (χ2n) is 7.50. The number of amides is 4. The number of anilines is 4. The van der Waals surface area contributed by atoms with E-state index in [9.17, 15) is 14.4 Å². The molecule has 0 bridgehead atoms. The summed E-state index contributed by atoms with van der Waals surface area (Å²) in [4.78, 5) is 41.3. The van der Waals surface area contributed by atoms with Crippen LogP contribution < -0.4 is 25.2 Å². The Morgan fingerprint density at radius 3 is 2.38 bits per heavy atom. The summed E-state index contributed by atoms with van der Waals surface area (Å²) in [5, 5.41) is 6.04. The van der Waals surface area contributed by atoms with Gasteiger partial charge in [0.05, 0.1) is 18.0 Å². The third-order valence-corrected chi connectivity index (χ3v) is 5.36. The van der Waals surface area contributed by atoms with Gasteiger partial charge in [0.2, 0.25) is 11.8 Å². The summed E-state index contributed by atoms with van der Waals surface area (Å²) < 4.78 is 5.42. The van der Waals surface area contributed by atoms with E-state index in [2.05, 4.69) is 10.6 Å². The fourth-order valence-electron chi connectivity index (χ4n) is 3.62. The molecule has 4 amide bonds. The van der Waals surface area contributed by atoms with Gasteiger partial charge in [0, 0.05) is 16.4 Å². The summed E-state index contributed by atoms with van der Waals surface area (Å²) in [6.07, 6.45) is 0. The summed E-state index contributed by atoms with van der Waals surface area (Å²) >= 11 is 5.97. The van der Waals surface area contributed by atoms with Crippen LogP contribution in [0.15, 0.2) is 72.8 Å². The standard InChI is InChI=1S/C25H23ClN4O4/c1-2-34-20-12-10-18(11-13-20)28-25(33)30-16-24(32)29(21-8-3-4-9-22(21)30)15-23(31)27-19-7-5-6-17(26)14-19/h3-14H,2,15-16H2,1H3,(H,27,31)(H,28,33). The summed E-state index contributed by atoms with van der Waals surface area (Å²) in [6, 6.07) is 20.3. The first-order valence-electron chi connectivity index (χ1n) is 10.7. The van der Waals surface area contributed by atoms with Crippen LogP contribution in [0.2, 0.25) is 5.02 Å². The highest BCUT2D eigenvalue weighted by molar-refractivity contribution is 6.31. The number of nitrogens with zero attached hydrogens (tertiary/aromatic N) is 2. The van der Waals surface area contributed by atoms with Crippen LogP contribution in [-0.4, -0.2) is 37.5 Å². The molecule has 0 saturated heterocycles. The molecule has 0 fully saturated rings. The number of para-hydroxylation sites is 2. The van der Waals surface area contributed by atoms with Crippen molar-refractivity contribution in [3.8, 4) is 5.75 Å². The van der Waals surface area contributed by atoms with Crippen LogP contribution in [0.4, 0.5) is 27.5 Å². The molecule has 0 radical (unpaired) electrons. The Hall–Kier alpha value is -4.04. The molecule has 34 heavy (non-hydrogen) atoms. The van der Waals surface area contributed by atoms with Crippen molar-refractivity contribution in [3.05, 3.63) is 77.8 Å². The maximum atomic E-state index is 13.0. The van der Waals surface area contributed by atoms with E-state index in [0.29, 0.717) is 40.1 Å². The maximum Gasteiger partial charge on any atom is 0.326 e. The summed E-state index contributed by atoms with van der Waals surface area (Å²) in [5.74, 6) is -0.0508. The topological polar surface area (TPSA) is 91.0 Å². The fraction of sp³-hybridized carbons (Fsp3) is 0.160. The van der Waals surface area contributed by atoms with Gasteiger partial charge in [-0.05, 0) is 61.5 Å². The number of benzene rings is 3. The van der Waals surface area contributed by atoms with Crippen molar-refractivity contribution in [2.24, 2.45) is 0 Å². The number of rotatable bonds is 6. The van der Waals surface area contributed by atoms with Gasteiger partial charge in [0.25, 0.3) is 0 Å². The van der Waals surface area contributed by atoms with Crippen molar-refractivity contribution < 1.29 is 19.1 Å². The predicted octanol–water partition coefficient (Wildman–Crippen LogP) is 4.76. The molecule has 0 unspecified atom stereocenters. The molecule has 3 aromatic carbocycles.